The molecule has 3 heteroatoms. The molecule has 15 heavy (non-hydrogen) atoms. The van der Waals surface area contributed by atoms with Gasteiger partial charge in [0.25, 0.3) is 0 Å². The summed E-state index contributed by atoms with van der Waals surface area (Å²) in [5.74, 6) is 6.52. The van der Waals surface area contributed by atoms with E-state index in [0.717, 1.165) is 25.4 Å². The molecule has 0 amide bonds. The van der Waals surface area contributed by atoms with Crippen molar-refractivity contribution in [2.45, 2.75) is 64.5 Å². The highest BCUT2D eigenvalue weighted by molar-refractivity contribution is 4.90. The minimum absolute atomic E-state index is 0.112. The van der Waals surface area contributed by atoms with Gasteiger partial charge in [0.2, 0.25) is 0 Å². The molecule has 2 atom stereocenters. The van der Waals surface area contributed by atoms with Gasteiger partial charge in [0.15, 0.2) is 0 Å². The van der Waals surface area contributed by atoms with E-state index in [0.29, 0.717) is 0 Å². The molecule has 0 saturated heterocycles. The summed E-state index contributed by atoms with van der Waals surface area (Å²) >= 11 is 0. The third-order valence-electron chi connectivity index (χ3n) is 3.91. The highest BCUT2D eigenvalue weighted by Crippen LogP contribution is 2.34. The summed E-state index contributed by atoms with van der Waals surface area (Å²) in [6.07, 6.45) is 6.27. The molecule has 1 rings (SSSR count). The van der Waals surface area contributed by atoms with Crippen molar-refractivity contribution in [3.8, 4) is 0 Å². The zero-order chi connectivity index (χ0) is 11.3. The summed E-state index contributed by atoms with van der Waals surface area (Å²) < 4.78 is 5.86. The Morgan fingerprint density at radius 3 is 2.47 bits per heavy atom. The molecular formula is C12H26N2O. The van der Waals surface area contributed by atoms with Crippen LogP contribution in [0.15, 0.2) is 0 Å². The molecule has 90 valence electrons. The Balaban J connectivity index is 2.51. The van der Waals surface area contributed by atoms with Crippen molar-refractivity contribution in [2.75, 3.05) is 6.61 Å². The number of ether oxygens (including phenoxy) is 1. The predicted molar refractivity (Wildman–Crippen MR) is 63.4 cm³/mol. The van der Waals surface area contributed by atoms with E-state index in [9.17, 15) is 0 Å². The quantitative estimate of drug-likeness (QED) is 0.504. The topological polar surface area (TPSA) is 47.3 Å². The fraction of sp³-hybridized carbons (Fsp3) is 1.00. The lowest BCUT2D eigenvalue weighted by molar-refractivity contribution is -0.0626. The molecule has 0 aromatic rings. The van der Waals surface area contributed by atoms with Gasteiger partial charge in [-0.15, -0.1) is 0 Å². The first-order valence-corrected chi connectivity index (χ1v) is 6.26. The molecule has 1 aliphatic carbocycles. The van der Waals surface area contributed by atoms with Crippen molar-refractivity contribution >= 4 is 0 Å². The van der Waals surface area contributed by atoms with E-state index >= 15 is 0 Å². The van der Waals surface area contributed by atoms with Crippen LogP contribution in [0, 0.1) is 5.92 Å². The largest absolute Gasteiger partial charge is 0.374 e. The van der Waals surface area contributed by atoms with Crippen molar-refractivity contribution in [3.05, 3.63) is 0 Å². The molecule has 3 N–H and O–H groups in total. The molecule has 1 fully saturated rings. The van der Waals surface area contributed by atoms with Gasteiger partial charge in [0.1, 0.15) is 0 Å². The van der Waals surface area contributed by atoms with Crippen LogP contribution in [0.25, 0.3) is 0 Å². The Morgan fingerprint density at radius 1 is 1.47 bits per heavy atom. The molecule has 0 radical (unpaired) electrons. The molecule has 0 aromatic heterocycles. The second kappa shape index (κ2) is 5.83. The first-order chi connectivity index (χ1) is 7.16. The summed E-state index contributed by atoms with van der Waals surface area (Å²) in [5, 5.41) is 0. The van der Waals surface area contributed by atoms with Gasteiger partial charge in [-0.05, 0) is 32.6 Å². The van der Waals surface area contributed by atoms with E-state index in [2.05, 4.69) is 19.3 Å². The molecule has 2 unspecified atom stereocenters. The van der Waals surface area contributed by atoms with Gasteiger partial charge in [-0.2, -0.15) is 0 Å². The lowest BCUT2D eigenvalue weighted by Crippen LogP contribution is -2.54. The number of rotatable bonds is 7. The van der Waals surface area contributed by atoms with E-state index in [1.165, 1.54) is 19.3 Å². The molecular weight excluding hydrogens is 188 g/mol. The minimum Gasteiger partial charge on any atom is -0.374 e. The Hall–Kier alpha value is -0.120. The number of hydrogen-bond acceptors (Lipinski definition) is 3. The van der Waals surface area contributed by atoms with Gasteiger partial charge in [0, 0.05) is 6.61 Å². The second-order valence-corrected chi connectivity index (χ2v) is 4.85. The van der Waals surface area contributed by atoms with Gasteiger partial charge in [-0.1, -0.05) is 26.2 Å². The van der Waals surface area contributed by atoms with Crippen molar-refractivity contribution in [1.29, 1.82) is 0 Å². The summed E-state index contributed by atoms with van der Waals surface area (Å²) in [7, 11) is 0. The highest BCUT2D eigenvalue weighted by atomic mass is 16.5. The summed E-state index contributed by atoms with van der Waals surface area (Å²) in [6, 6.07) is 0.285. The molecule has 0 heterocycles. The van der Waals surface area contributed by atoms with Gasteiger partial charge in [-0.3, -0.25) is 11.3 Å². The van der Waals surface area contributed by atoms with Gasteiger partial charge in [0.05, 0.1) is 11.6 Å². The molecule has 0 aliphatic heterocycles. The molecule has 0 aromatic carbocycles. The Kier molecular flexibility index (Phi) is 5.03. The normalized spacial score (nSPS) is 23.2. The Labute approximate surface area is 93.7 Å². The molecule has 1 saturated carbocycles. The first kappa shape index (κ1) is 12.9. The number of hydrogen-bond donors (Lipinski definition) is 2. The summed E-state index contributed by atoms with van der Waals surface area (Å²) in [6.45, 7) is 7.14. The van der Waals surface area contributed by atoms with E-state index in [4.69, 9.17) is 10.6 Å². The van der Waals surface area contributed by atoms with Crippen molar-refractivity contribution in [1.82, 2.24) is 5.43 Å². The predicted octanol–water partition coefficient (Wildman–Crippen LogP) is 2.21. The van der Waals surface area contributed by atoms with Crippen molar-refractivity contribution in [2.24, 2.45) is 11.8 Å². The number of hydrazine groups is 1. The summed E-state index contributed by atoms with van der Waals surface area (Å²) in [4.78, 5) is 0. The lowest BCUT2D eigenvalue weighted by Gasteiger charge is -2.40. The van der Waals surface area contributed by atoms with Crippen LogP contribution in [-0.4, -0.2) is 18.2 Å². The maximum Gasteiger partial charge on any atom is 0.0817 e. The molecule has 0 bridgehead atoms. The van der Waals surface area contributed by atoms with E-state index in [1.54, 1.807) is 0 Å². The van der Waals surface area contributed by atoms with Crippen molar-refractivity contribution < 1.29 is 4.74 Å². The zero-order valence-electron chi connectivity index (χ0n) is 10.4. The highest BCUT2D eigenvalue weighted by Gasteiger charge is 2.35. The number of nitrogens with one attached hydrogen (secondary N) is 1. The van der Waals surface area contributed by atoms with Crippen LogP contribution < -0.4 is 11.3 Å². The smallest absolute Gasteiger partial charge is 0.0817 e. The fourth-order valence-corrected chi connectivity index (χ4v) is 2.33. The van der Waals surface area contributed by atoms with E-state index in [1.807, 2.05) is 6.92 Å². The third kappa shape index (κ3) is 3.16. The van der Waals surface area contributed by atoms with Crippen LogP contribution >= 0.6 is 0 Å². The molecule has 3 nitrogen and oxygen atoms in total. The van der Waals surface area contributed by atoms with Crippen molar-refractivity contribution in [3.63, 3.8) is 0 Å². The van der Waals surface area contributed by atoms with Crippen LogP contribution in [0.5, 0.6) is 0 Å². The Bertz CT molecular complexity index is 182. The average Bonchev–Trinajstić information content (AvgIpc) is 2.16. The standard InChI is InChI=1S/C12H26N2O/c1-4-12(3,15-5-2)11(14-13)9-10-7-6-8-10/h10-11,14H,4-9,13H2,1-3H3. The zero-order valence-corrected chi connectivity index (χ0v) is 10.4. The average molecular weight is 214 g/mol. The SMILES string of the molecule is CCOC(C)(CC)C(CC1CCC1)NN. The third-order valence-corrected chi connectivity index (χ3v) is 3.91. The molecule has 0 spiro atoms. The molecule has 1 aliphatic rings. The number of nitrogens with two attached hydrogens (primary N) is 1. The van der Waals surface area contributed by atoms with E-state index < -0.39 is 0 Å². The van der Waals surface area contributed by atoms with Crippen LogP contribution in [0.4, 0.5) is 0 Å². The maximum absolute atomic E-state index is 5.86. The monoisotopic (exact) mass is 214 g/mol. The first-order valence-electron chi connectivity index (χ1n) is 6.26. The fourth-order valence-electron chi connectivity index (χ4n) is 2.33. The van der Waals surface area contributed by atoms with Gasteiger partial charge in [-0.25, -0.2) is 0 Å². The van der Waals surface area contributed by atoms with Gasteiger partial charge < -0.3 is 4.74 Å². The minimum atomic E-state index is -0.112. The van der Waals surface area contributed by atoms with E-state index in [-0.39, 0.29) is 11.6 Å². The van der Waals surface area contributed by atoms with Crippen LogP contribution in [0.3, 0.4) is 0 Å². The second-order valence-electron chi connectivity index (χ2n) is 4.85. The van der Waals surface area contributed by atoms with Crippen LogP contribution in [0.2, 0.25) is 0 Å². The van der Waals surface area contributed by atoms with Gasteiger partial charge >= 0.3 is 0 Å². The van der Waals surface area contributed by atoms with Crippen LogP contribution in [-0.2, 0) is 4.74 Å². The van der Waals surface area contributed by atoms with Crippen LogP contribution in [0.1, 0.15) is 52.9 Å². The Morgan fingerprint density at radius 2 is 2.13 bits per heavy atom. The summed E-state index contributed by atoms with van der Waals surface area (Å²) in [5.41, 5.74) is 2.84. The lowest BCUT2D eigenvalue weighted by atomic mass is 9.77. The maximum atomic E-state index is 5.86.